The maximum atomic E-state index is 3.28. The van der Waals surface area contributed by atoms with Crippen LogP contribution in [-0.2, 0) is 0 Å². The average molecular weight is 141 g/mol. The molecule has 0 fully saturated rings. The summed E-state index contributed by atoms with van der Waals surface area (Å²) in [4.78, 5) is 0. The Morgan fingerprint density at radius 1 is 1.67 bits per heavy atom. The Balaban J connectivity index is 2.30. The number of hydrogen-bond acceptors (Lipinski definition) is 2. The third-order valence-corrected chi connectivity index (χ3v) is 1.78. The van der Waals surface area contributed by atoms with Crippen LogP contribution < -0.4 is 5.32 Å². The largest absolute Gasteiger partial charge is 0.384 e. The molecule has 0 aliphatic carbocycles. The Morgan fingerprint density at radius 2 is 2.56 bits per heavy atom. The molecule has 0 saturated carbocycles. The summed E-state index contributed by atoms with van der Waals surface area (Å²) in [7, 11) is 0. The van der Waals surface area contributed by atoms with Crippen LogP contribution in [0.3, 0.4) is 0 Å². The van der Waals surface area contributed by atoms with Gasteiger partial charge in [0.2, 0.25) is 0 Å². The highest BCUT2D eigenvalue weighted by Gasteiger charge is 1.86. The summed E-state index contributed by atoms with van der Waals surface area (Å²) in [6.45, 7) is 3.25. The van der Waals surface area contributed by atoms with Crippen molar-refractivity contribution in [3.05, 3.63) is 16.8 Å². The summed E-state index contributed by atoms with van der Waals surface area (Å²) < 4.78 is 0. The molecule has 1 aromatic rings. The van der Waals surface area contributed by atoms with Gasteiger partial charge in [-0.1, -0.05) is 6.92 Å². The number of nitrogens with one attached hydrogen (secondary N) is 1. The maximum Gasteiger partial charge on any atom is 0.0448 e. The molecule has 0 radical (unpaired) electrons. The van der Waals surface area contributed by atoms with Gasteiger partial charge in [-0.05, 0) is 17.9 Å². The summed E-state index contributed by atoms with van der Waals surface area (Å²) in [6, 6.07) is 2.10. The van der Waals surface area contributed by atoms with Gasteiger partial charge in [0.05, 0.1) is 0 Å². The highest BCUT2D eigenvalue weighted by molar-refractivity contribution is 7.08. The second-order valence-corrected chi connectivity index (χ2v) is 2.72. The van der Waals surface area contributed by atoms with E-state index in [-0.39, 0.29) is 0 Å². The van der Waals surface area contributed by atoms with Crippen molar-refractivity contribution < 1.29 is 0 Å². The maximum absolute atomic E-state index is 3.28. The van der Waals surface area contributed by atoms with Crippen LogP contribution in [-0.4, -0.2) is 6.54 Å². The Kier molecular flexibility index (Phi) is 2.58. The molecule has 9 heavy (non-hydrogen) atoms. The molecule has 0 atom stereocenters. The number of hydrogen-bond donors (Lipinski definition) is 1. The van der Waals surface area contributed by atoms with Crippen LogP contribution >= 0.6 is 11.3 Å². The van der Waals surface area contributed by atoms with E-state index < -0.39 is 0 Å². The van der Waals surface area contributed by atoms with E-state index in [2.05, 4.69) is 29.1 Å². The molecule has 0 aliphatic heterocycles. The standard InChI is InChI=1S/C7H11NS/c1-2-4-8-7-3-5-9-6-7/h3,5-6,8H,2,4H2,1H3. The summed E-state index contributed by atoms with van der Waals surface area (Å²) in [6.07, 6.45) is 1.19. The Bertz CT molecular complexity index is 146. The first kappa shape index (κ1) is 6.62. The fraction of sp³-hybridized carbons (Fsp3) is 0.429. The third-order valence-electron chi connectivity index (χ3n) is 1.10. The molecule has 2 heteroatoms. The van der Waals surface area contributed by atoms with Gasteiger partial charge in [0.15, 0.2) is 0 Å². The fourth-order valence-corrected chi connectivity index (χ4v) is 1.25. The van der Waals surface area contributed by atoms with E-state index in [1.165, 1.54) is 12.1 Å². The van der Waals surface area contributed by atoms with Crippen molar-refractivity contribution in [2.45, 2.75) is 13.3 Å². The highest BCUT2D eigenvalue weighted by atomic mass is 32.1. The van der Waals surface area contributed by atoms with Gasteiger partial charge in [0, 0.05) is 17.6 Å². The van der Waals surface area contributed by atoms with Crippen molar-refractivity contribution in [1.82, 2.24) is 0 Å². The van der Waals surface area contributed by atoms with Crippen LogP contribution in [0.4, 0.5) is 5.69 Å². The number of thiophene rings is 1. The van der Waals surface area contributed by atoms with Gasteiger partial charge in [-0.3, -0.25) is 0 Å². The summed E-state index contributed by atoms with van der Waals surface area (Å²) in [5, 5.41) is 7.49. The average Bonchev–Trinajstić information content (AvgIpc) is 2.34. The van der Waals surface area contributed by atoms with Crippen molar-refractivity contribution in [3.8, 4) is 0 Å². The zero-order valence-corrected chi connectivity index (χ0v) is 6.37. The van der Waals surface area contributed by atoms with E-state index >= 15 is 0 Å². The van der Waals surface area contributed by atoms with Gasteiger partial charge >= 0.3 is 0 Å². The molecule has 1 N–H and O–H groups in total. The monoisotopic (exact) mass is 141 g/mol. The molecule has 0 bridgehead atoms. The van der Waals surface area contributed by atoms with Crippen LogP contribution in [0.25, 0.3) is 0 Å². The lowest BCUT2D eigenvalue weighted by Crippen LogP contribution is -1.96. The lowest BCUT2D eigenvalue weighted by molar-refractivity contribution is 0.981. The second kappa shape index (κ2) is 3.51. The van der Waals surface area contributed by atoms with Gasteiger partial charge in [-0.25, -0.2) is 0 Å². The van der Waals surface area contributed by atoms with Crippen LogP contribution in [0.15, 0.2) is 16.8 Å². The summed E-state index contributed by atoms with van der Waals surface area (Å²) in [5.41, 5.74) is 1.25. The van der Waals surface area contributed by atoms with Crippen molar-refractivity contribution >= 4 is 17.0 Å². The number of rotatable bonds is 3. The van der Waals surface area contributed by atoms with Crippen LogP contribution in [0.2, 0.25) is 0 Å². The predicted molar refractivity (Wildman–Crippen MR) is 43.1 cm³/mol. The molecule has 50 valence electrons. The molecule has 1 aromatic heterocycles. The van der Waals surface area contributed by atoms with E-state index in [1.54, 1.807) is 11.3 Å². The smallest absolute Gasteiger partial charge is 0.0448 e. The molecule has 0 saturated heterocycles. The minimum Gasteiger partial charge on any atom is -0.384 e. The SMILES string of the molecule is CCCNc1ccsc1. The van der Waals surface area contributed by atoms with E-state index in [4.69, 9.17) is 0 Å². The molecule has 0 aromatic carbocycles. The van der Waals surface area contributed by atoms with E-state index in [1.807, 2.05) is 0 Å². The Hall–Kier alpha value is -0.500. The lowest BCUT2D eigenvalue weighted by Gasteiger charge is -1.97. The summed E-state index contributed by atoms with van der Waals surface area (Å²) in [5.74, 6) is 0. The zero-order chi connectivity index (χ0) is 6.53. The lowest BCUT2D eigenvalue weighted by atomic mass is 10.4. The predicted octanol–water partition coefficient (Wildman–Crippen LogP) is 2.57. The van der Waals surface area contributed by atoms with Gasteiger partial charge in [0.1, 0.15) is 0 Å². The highest BCUT2D eigenvalue weighted by Crippen LogP contribution is 2.10. The molecule has 0 aliphatic rings. The van der Waals surface area contributed by atoms with Crippen LogP contribution in [0.5, 0.6) is 0 Å². The quantitative estimate of drug-likeness (QED) is 0.682. The second-order valence-electron chi connectivity index (χ2n) is 1.94. The first-order valence-electron chi connectivity index (χ1n) is 3.19. The van der Waals surface area contributed by atoms with Gasteiger partial charge < -0.3 is 5.32 Å². The molecule has 0 spiro atoms. The Morgan fingerprint density at radius 3 is 3.11 bits per heavy atom. The number of anilines is 1. The van der Waals surface area contributed by atoms with E-state index in [0.29, 0.717) is 0 Å². The fourth-order valence-electron chi connectivity index (χ4n) is 0.634. The molecule has 0 amide bonds. The molecule has 1 nitrogen and oxygen atoms in total. The molecular formula is C7H11NS. The Labute approximate surface area is 59.7 Å². The first-order valence-corrected chi connectivity index (χ1v) is 4.14. The van der Waals surface area contributed by atoms with Crippen LogP contribution in [0, 0.1) is 0 Å². The molecule has 1 heterocycles. The van der Waals surface area contributed by atoms with E-state index in [9.17, 15) is 0 Å². The molecule has 0 unspecified atom stereocenters. The molecular weight excluding hydrogens is 130 g/mol. The third kappa shape index (κ3) is 2.06. The zero-order valence-electron chi connectivity index (χ0n) is 5.55. The molecule has 1 rings (SSSR count). The van der Waals surface area contributed by atoms with Crippen molar-refractivity contribution in [3.63, 3.8) is 0 Å². The minimum atomic E-state index is 1.08. The van der Waals surface area contributed by atoms with Gasteiger partial charge in [0.25, 0.3) is 0 Å². The van der Waals surface area contributed by atoms with Crippen molar-refractivity contribution in [2.24, 2.45) is 0 Å². The normalized spacial score (nSPS) is 9.44. The summed E-state index contributed by atoms with van der Waals surface area (Å²) >= 11 is 1.73. The van der Waals surface area contributed by atoms with Crippen molar-refractivity contribution in [2.75, 3.05) is 11.9 Å². The van der Waals surface area contributed by atoms with Gasteiger partial charge in [-0.15, -0.1) is 0 Å². The minimum absolute atomic E-state index is 1.08. The van der Waals surface area contributed by atoms with Gasteiger partial charge in [-0.2, -0.15) is 11.3 Å². The van der Waals surface area contributed by atoms with Crippen molar-refractivity contribution in [1.29, 1.82) is 0 Å². The van der Waals surface area contributed by atoms with E-state index in [0.717, 1.165) is 6.54 Å². The first-order chi connectivity index (χ1) is 4.43. The topological polar surface area (TPSA) is 12.0 Å². The van der Waals surface area contributed by atoms with Crippen LogP contribution in [0.1, 0.15) is 13.3 Å².